The highest BCUT2D eigenvalue weighted by atomic mass is 16.6. The van der Waals surface area contributed by atoms with Crippen molar-refractivity contribution in [3.8, 4) is 0 Å². The van der Waals surface area contributed by atoms with Crippen LogP contribution in [0.25, 0.3) is 11.2 Å². The number of likely N-dealkylation sites (tertiary alicyclic amines) is 1. The van der Waals surface area contributed by atoms with Crippen molar-refractivity contribution in [1.29, 1.82) is 0 Å². The smallest absolute Gasteiger partial charge is 0.413 e. The topological polar surface area (TPSA) is 178 Å². The highest BCUT2D eigenvalue weighted by Crippen LogP contribution is 2.30. The maximum atomic E-state index is 13.5. The molecule has 3 N–H and O–H groups in total. The molecular formula is C26H31N7O7. The second-order valence-corrected chi connectivity index (χ2v) is 10.2. The predicted octanol–water partition coefficient (Wildman–Crippen LogP) is 2.72. The number of imidazole rings is 1. The van der Waals surface area contributed by atoms with E-state index in [1.54, 1.807) is 20.8 Å². The molecule has 40 heavy (non-hydrogen) atoms. The molecule has 3 heterocycles. The Bertz CT molecular complexity index is 1390. The zero-order chi connectivity index (χ0) is 28.9. The van der Waals surface area contributed by atoms with E-state index in [4.69, 9.17) is 9.47 Å². The number of aliphatic carboxylic acids is 1. The Labute approximate surface area is 229 Å². The summed E-state index contributed by atoms with van der Waals surface area (Å²) in [7, 11) is 0. The second kappa shape index (κ2) is 12.0. The van der Waals surface area contributed by atoms with Crippen LogP contribution in [0.3, 0.4) is 0 Å². The molecule has 0 bridgehead atoms. The number of nitrogens with zero attached hydrogens (tertiary/aromatic N) is 5. The third-order valence-electron chi connectivity index (χ3n) is 6.10. The van der Waals surface area contributed by atoms with Crippen molar-refractivity contribution in [1.82, 2.24) is 29.7 Å². The molecule has 0 saturated carbocycles. The van der Waals surface area contributed by atoms with Gasteiger partial charge in [-0.05, 0) is 39.2 Å². The van der Waals surface area contributed by atoms with Gasteiger partial charge < -0.3 is 29.4 Å². The zero-order valence-corrected chi connectivity index (χ0v) is 22.4. The quantitative estimate of drug-likeness (QED) is 0.376. The van der Waals surface area contributed by atoms with E-state index in [0.717, 1.165) is 5.56 Å². The summed E-state index contributed by atoms with van der Waals surface area (Å²) in [6.45, 7) is 4.74. The second-order valence-electron chi connectivity index (χ2n) is 10.2. The van der Waals surface area contributed by atoms with Gasteiger partial charge >= 0.3 is 18.2 Å². The first-order chi connectivity index (χ1) is 19.0. The van der Waals surface area contributed by atoms with Gasteiger partial charge in [0, 0.05) is 12.6 Å². The van der Waals surface area contributed by atoms with Crippen LogP contribution in [0, 0.1) is 0 Å². The van der Waals surface area contributed by atoms with Gasteiger partial charge in [-0.3, -0.25) is 14.9 Å². The Morgan fingerprint density at radius 3 is 2.52 bits per heavy atom. The minimum Gasteiger partial charge on any atom is -0.480 e. The SMILES string of the molecule is CC(C)(C)OC(=O)NC[C@H]1CC[C@H](n2cnc3c(NC(=O)OCc4ccccc4)ncnc32)C(=O)N1CC(=O)O. The molecule has 14 nitrogen and oxygen atoms in total. The van der Waals surface area contributed by atoms with Crippen molar-refractivity contribution in [3.63, 3.8) is 0 Å². The fourth-order valence-electron chi connectivity index (χ4n) is 4.37. The largest absolute Gasteiger partial charge is 0.480 e. The van der Waals surface area contributed by atoms with E-state index >= 15 is 0 Å². The van der Waals surface area contributed by atoms with Crippen molar-refractivity contribution in [2.24, 2.45) is 0 Å². The summed E-state index contributed by atoms with van der Waals surface area (Å²) in [6.07, 6.45) is 1.98. The van der Waals surface area contributed by atoms with E-state index in [1.807, 2.05) is 30.3 Å². The van der Waals surface area contributed by atoms with Gasteiger partial charge in [-0.2, -0.15) is 0 Å². The van der Waals surface area contributed by atoms with Crippen LogP contribution in [0.2, 0.25) is 0 Å². The molecule has 1 aliphatic heterocycles. The van der Waals surface area contributed by atoms with Crippen LogP contribution in [0.5, 0.6) is 0 Å². The fourth-order valence-corrected chi connectivity index (χ4v) is 4.37. The molecule has 4 rings (SSSR count). The first kappa shape index (κ1) is 28.3. The van der Waals surface area contributed by atoms with Crippen molar-refractivity contribution in [2.75, 3.05) is 18.4 Å². The summed E-state index contributed by atoms with van der Waals surface area (Å²) in [6, 6.07) is 7.83. The monoisotopic (exact) mass is 553 g/mol. The highest BCUT2D eigenvalue weighted by molar-refractivity contribution is 5.94. The standard InChI is InChI=1S/C26H31N7O7/c1-26(2,3)40-24(37)27-11-17-9-10-18(23(36)32(17)12-19(34)35)33-15-30-20-21(28-14-29-22(20)33)31-25(38)39-13-16-7-5-4-6-8-16/h4-8,14-15,17-18H,9-13H2,1-3H3,(H,27,37)(H,34,35)(H,28,29,31,38)/t17-,18+/m1/s1. The van der Waals surface area contributed by atoms with Crippen molar-refractivity contribution in [3.05, 3.63) is 48.5 Å². The molecule has 212 valence electrons. The normalized spacial score (nSPS) is 17.4. The maximum Gasteiger partial charge on any atom is 0.413 e. The van der Waals surface area contributed by atoms with E-state index in [0.29, 0.717) is 12.8 Å². The van der Waals surface area contributed by atoms with Gasteiger partial charge in [-0.1, -0.05) is 30.3 Å². The number of carboxylic acid groups (broad SMARTS) is 1. The lowest BCUT2D eigenvalue weighted by molar-refractivity contribution is -0.150. The number of aromatic nitrogens is 4. The number of alkyl carbamates (subject to hydrolysis) is 1. The van der Waals surface area contributed by atoms with Gasteiger partial charge in [0.25, 0.3) is 0 Å². The Kier molecular flexibility index (Phi) is 8.46. The van der Waals surface area contributed by atoms with Crippen LogP contribution in [-0.4, -0.2) is 78.3 Å². The third kappa shape index (κ3) is 7.01. The summed E-state index contributed by atoms with van der Waals surface area (Å²) < 4.78 is 12.0. The predicted molar refractivity (Wildman–Crippen MR) is 141 cm³/mol. The number of amides is 3. The summed E-state index contributed by atoms with van der Waals surface area (Å²) in [5.74, 6) is -1.54. The number of rotatable bonds is 8. The molecule has 0 aliphatic carbocycles. The number of carboxylic acids is 1. The van der Waals surface area contributed by atoms with Crippen molar-refractivity contribution in [2.45, 2.75) is 57.9 Å². The Morgan fingerprint density at radius 2 is 1.82 bits per heavy atom. The number of benzene rings is 1. The highest BCUT2D eigenvalue weighted by Gasteiger charge is 2.38. The molecule has 0 unspecified atom stereocenters. The molecule has 3 aromatic rings. The number of carbonyl (C=O) groups excluding carboxylic acids is 3. The Balaban J connectivity index is 1.47. The van der Waals surface area contributed by atoms with Crippen LogP contribution in [0.15, 0.2) is 43.0 Å². The number of piperidine rings is 1. The first-order valence-corrected chi connectivity index (χ1v) is 12.7. The first-order valence-electron chi connectivity index (χ1n) is 12.7. The lowest BCUT2D eigenvalue weighted by Crippen LogP contribution is -2.54. The molecule has 1 aliphatic rings. The number of fused-ring (bicyclic) bond motifs is 1. The molecule has 0 radical (unpaired) electrons. The van der Waals surface area contributed by atoms with Gasteiger partial charge in [0.15, 0.2) is 17.0 Å². The van der Waals surface area contributed by atoms with E-state index < -0.39 is 48.3 Å². The lowest BCUT2D eigenvalue weighted by Gasteiger charge is -2.38. The zero-order valence-electron chi connectivity index (χ0n) is 22.4. The Morgan fingerprint density at radius 1 is 1.07 bits per heavy atom. The Hall–Kier alpha value is -4.75. The number of anilines is 1. The van der Waals surface area contributed by atoms with Gasteiger partial charge in [-0.25, -0.2) is 24.5 Å². The number of hydrogen-bond acceptors (Lipinski definition) is 9. The minimum absolute atomic E-state index is 0.0344. The van der Waals surface area contributed by atoms with Crippen LogP contribution in [0.4, 0.5) is 15.4 Å². The number of hydrogen-bond donors (Lipinski definition) is 3. The van der Waals surface area contributed by atoms with E-state index in [2.05, 4.69) is 25.6 Å². The molecular weight excluding hydrogens is 522 g/mol. The number of nitrogens with one attached hydrogen (secondary N) is 2. The lowest BCUT2D eigenvalue weighted by atomic mass is 9.97. The number of carbonyl (C=O) groups is 4. The molecule has 2 atom stereocenters. The molecule has 2 aromatic heterocycles. The summed E-state index contributed by atoms with van der Waals surface area (Å²) in [4.78, 5) is 63.4. The van der Waals surface area contributed by atoms with Gasteiger partial charge in [0.1, 0.15) is 31.1 Å². The maximum absolute atomic E-state index is 13.5. The van der Waals surface area contributed by atoms with Crippen LogP contribution < -0.4 is 10.6 Å². The molecule has 1 saturated heterocycles. The summed E-state index contributed by atoms with van der Waals surface area (Å²) >= 11 is 0. The molecule has 3 amide bonds. The fraction of sp³-hybridized carbons (Fsp3) is 0.423. The summed E-state index contributed by atoms with van der Waals surface area (Å²) in [5.41, 5.74) is 0.642. The van der Waals surface area contributed by atoms with E-state index in [1.165, 1.54) is 22.1 Å². The van der Waals surface area contributed by atoms with Gasteiger partial charge in [0.05, 0.1) is 6.33 Å². The van der Waals surface area contributed by atoms with Gasteiger partial charge in [0.2, 0.25) is 5.91 Å². The van der Waals surface area contributed by atoms with Gasteiger partial charge in [-0.15, -0.1) is 0 Å². The summed E-state index contributed by atoms with van der Waals surface area (Å²) in [5, 5.41) is 14.6. The van der Waals surface area contributed by atoms with Crippen LogP contribution in [-0.2, 0) is 25.7 Å². The van der Waals surface area contributed by atoms with Crippen molar-refractivity contribution >= 4 is 41.0 Å². The minimum atomic E-state index is -1.19. The number of ether oxygens (including phenoxy) is 2. The van der Waals surface area contributed by atoms with Crippen LogP contribution in [0.1, 0.15) is 45.2 Å². The van der Waals surface area contributed by atoms with E-state index in [9.17, 15) is 24.3 Å². The molecule has 1 fully saturated rings. The molecule has 0 spiro atoms. The molecule has 1 aromatic carbocycles. The van der Waals surface area contributed by atoms with Crippen LogP contribution >= 0.6 is 0 Å². The van der Waals surface area contributed by atoms with Crippen molar-refractivity contribution < 1.29 is 33.8 Å². The molecule has 14 heteroatoms. The third-order valence-corrected chi connectivity index (χ3v) is 6.10. The average molecular weight is 554 g/mol. The van der Waals surface area contributed by atoms with E-state index in [-0.39, 0.29) is 30.1 Å². The average Bonchev–Trinajstić information content (AvgIpc) is 3.32.